The molecule has 2 N–H and O–H groups in total. The molecule has 2 heteroatoms. The fourth-order valence-electron chi connectivity index (χ4n) is 6.14. The SMILES string of the molecule is C#CC[C@]1(O)CC[C@H]2[C@@H]3CCc4cc(O)ccc4[C@H]3CC[C@@]21C. The summed E-state index contributed by atoms with van der Waals surface area (Å²) in [6.07, 6.45) is 12.4. The van der Waals surface area contributed by atoms with Crippen LogP contribution < -0.4 is 0 Å². The second kappa shape index (κ2) is 5.02. The first kappa shape index (κ1) is 15.1. The first-order valence-electron chi connectivity index (χ1n) is 8.96. The van der Waals surface area contributed by atoms with E-state index in [9.17, 15) is 10.2 Å². The second-order valence-corrected chi connectivity index (χ2v) is 8.21. The minimum atomic E-state index is -0.674. The summed E-state index contributed by atoms with van der Waals surface area (Å²) >= 11 is 0. The Labute approximate surface area is 138 Å². The van der Waals surface area contributed by atoms with Gasteiger partial charge in [0.2, 0.25) is 0 Å². The largest absolute Gasteiger partial charge is 0.508 e. The number of hydrogen-bond acceptors (Lipinski definition) is 2. The lowest BCUT2D eigenvalue weighted by Crippen LogP contribution is -2.50. The first-order chi connectivity index (χ1) is 11.0. The van der Waals surface area contributed by atoms with Gasteiger partial charge in [0.25, 0.3) is 0 Å². The van der Waals surface area contributed by atoms with E-state index in [0.717, 1.165) is 32.1 Å². The van der Waals surface area contributed by atoms with Gasteiger partial charge in [-0.15, -0.1) is 12.3 Å². The summed E-state index contributed by atoms with van der Waals surface area (Å²) in [5.74, 6) is 4.92. The minimum absolute atomic E-state index is 0.0328. The Morgan fingerprint density at radius 1 is 1.26 bits per heavy atom. The van der Waals surface area contributed by atoms with E-state index in [1.165, 1.54) is 17.5 Å². The molecule has 2 saturated carbocycles. The van der Waals surface area contributed by atoms with Crippen molar-refractivity contribution in [3.05, 3.63) is 29.3 Å². The summed E-state index contributed by atoms with van der Waals surface area (Å²) in [6, 6.07) is 5.91. The van der Waals surface area contributed by atoms with E-state index < -0.39 is 5.60 Å². The van der Waals surface area contributed by atoms with Crippen LogP contribution in [0, 0.1) is 29.6 Å². The van der Waals surface area contributed by atoms with Crippen molar-refractivity contribution in [1.29, 1.82) is 0 Å². The average Bonchev–Trinajstić information content (AvgIpc) is 2.79. The lowest BCUT2D eigenvalue weighted by Gasteiger charge is -2.53. The normalized spacial score (nSPS) is 41.5. The number of fused-ring (bicyclic) bond motifs is 5. The highest BCUT2D eigenvalue weighted by molar-refractivity contribution is 5.40. The van der Waals surface area contributed by atoms with Gasteiger partial charge in [0.1, 0.15) is 5.75 Å². The Morgan fingerprint density at radius 2 is 2.09 bits per heavy atom. The molecule has 1 aromatic carbocycles. The quantitative estimate of drug-likeness (QED) is 0.770. The molecule has 2 nitrogen and oxygen atoms in total. The van der Waals surface area contributed by atoms with Crippen LogP contribution in [-0.4, -0.2) is 15.8 Å². The highest BCUT2D eigenvalue weighted by atomic mass is 16.3. The average molecular weight is 310 g/mol. The van der Waals surface area contributed by atoms with Gasteiger partial charge >= 0.3 is 0 Å². The van der Waals surface area contributed by atoms with E-state index in [1.807, 2.05) is 12.1 Å². The number of terminal acetylenes is 1. The first-order valence-corrected chi connectivity index (χ1v) is 8.96. The smallest absolute Gasteiger partial charge is 0.115 e. The van der Waals surface area contributed by atoms with Crippen LogP contribution >= 0.6 is 0 Å². The van der Waals surface area contributed by atoms with Gasteiger partial charge in [0.05, 0.1) is 5.60 Å². The zero-order valence-corrected chi connectivity index (χ0v) is 13.9. The number of benzene rings is 1. The molecule has 4 rings (SSSR count). The second-order valence-electron chi connectivity index (χ2n) is 8.21. The molecular weight excluding hydrogens is 284 g/mol. The molecule has 1 aromatic rings. The number of phenolic OH excluding ortho intramolecular Hbond substituents is 1. The van der Waals surface area contributed by atoms with Crippen LogP contribution in [0.3, 0.4) is 0 Å². The van der Waals surface area contributed by atoms with Crippen molar-refractivity contribution in [3.63, 3.8) is 0 Å². The number of aromatic hydroxyl groups is 1. The standard InChI is InChI=1S/C21H26O2/c1-3-10-21(23)12-9-19-18-6-4-14-13-15(22)5-7-16(14)17(18)8-11-20(19,21)2/h1,5,7,13,17-19,22-23H,4,6,8-12H2,2H3/t17-,18-,19+,20+,21+/m1/s1. The maximum Gasteiger partial charge on any atom is 0.115 e. The zero-order chi connectivity index (χ0) is 16.2. The van der Waals surface area contributed by atoms with Crippen molar-refractivity contribution < 1.29 is 10.2 Å². The Bertz CT molecular complexity index is 673. The van der Waals surface area contributed by atoms with Gasteiger partial charge in [-0.3, -0.25) is 0 Å². The van der Waals surface area contributed by atoms with Crippen molar-refractivity contribution in [3.8, 4) is 18.1 Å². The summed E-state index contributed by atoms with van der Waals surface area (Å²) in [5.41, 5.74) is 2.06. The maximum atomic E-state index is 11.2. The fourth-order valence-corrected chi connectivity index (χ4v) is 6.14. The van der Waals surface area contributed by atoms with Crippen LogP contribution in [0.15, 0.2) is 18.2 Å². The molecule has 0 spiro atoms. The molecule has 0 aromatic heterocycles. The maximum absolute atomic E-state index is 11.2. The van der Waals surface area contributed by atoms with E-state index in [4.69, 9.17) is 6.42 Å². The molecule has 122 valence electrons. The number of hydrogen-bond donors (Lipinski definition) is 2. The van der Waals surface area contributed by atoms with E-state index in [1.54, 1.807) is 0 Å². The molecule has 0 unspecified atom stereocenters. The molecule has 3 aliphatic carbocycles. The van der Waals surface area contributed by atoms with Gasteiger partial charge in [0.15, 0.2) is 0 Å². The Balaban J connectivity index is 1.69. The highest BCUT2D eigenvalue weighted by Crippen LogP contribution is 2.64. The van der Waals surface area contributed by atoms with Crippen LogP contribution in [0.2, 0.25) is 0 Å². The molecule has 0 heterocycles. The molecule has 23 heavy (non-hydrogen) atoms. The van der Waals surface area contributed by atoms with Gasteiger partial charge in [-0.05, 0) is 79.5 Å². The van der Waals surface area contributed by atoms with Crippen molar-refractivity contribution >= 4 is 0 Å². The summed E-state index contributed by atoms with van der Waals surface area (Å²) in [4.78, 5) is 0. The van der Waals surface area contributed by atoms with Crippen molar-refractivity contribution in [1.82, 2.24) is 0 Å². The van der Waals surface area contributed by atoms with E-state index >= 15 is 0 Å². The molecule has 0 bridgehead atoms. The number of aryl methyl sites for hydroxylation is 1. The van der Waals surface area contributed by atoms with E-state index in [-0.39, 0.29) is 5.41 Å². The Hall–Kier alpha value is -1.46. The molecule has 3 aliphatic rings. The molecule has 5 atom stereocenters. The lowest BCUT2D eigenvalue weighted by atomic mass is 9.53. The topological polar surface area (TPSA) is 40.5 Å². The highest BCUT2D eigenvalue weighted by Gasteiger charge is 2.61. The summed E-state index contributed by atoms with van der Waals surface area (Å²) in [7, 11) is 0. The summed E-state index contributed by atoms with van der Waals surface area (Å²) in [6.45, 7) is 2.28. The van der Waals surface area contributed by atoms with Gasteiger partial charge in [-0.25, -0.2) is 0 Å². The number of phenols is 1. The molecule has 0 radical (unpaired) electrons. The van der Waals surface area contributed by atoms with Gasteiger partial charge < -0.3 is 10.2 Å². The molecule has 0 saturated heterocycles. The van der Waals surface area contributed by atoms with Crippen molar-refractivity contribution in [2.75, 3.05) is 0 Å². The van der Waals surface area contributed by atoms with Crippen LogP contribution in [0.4, 0.5) is 0 Å². The fraction of sp³-hybridized carbons (Fsp3) is 0.619. The predicted octanol–water partition coefficient (Wildman–Crippen LogP) is 4.00. The third-order valence-corrected chi connectivity index (χ3v) is 7.43. The monoisotopic (exact) mass is 310 g/mol. The molecule has 0 amide bonds. The van der Waals surface area contributed by atoms with Gasteiger partial charge in [0, 0.05) is 11.8 Å². The van der Waals surface area contributed by atoms with Crippen LogP contribution in [0.25, 0.3) is 0 Å². The third kappa shape index (κ3) is 1.99. The third-order valence-electron chi connectivity index (χ3n) is 7.43. The molecule has 2 fully saturated rings. The number of aliphatic hydroxyl groups is 1. The number of rotatable bonds is 1. The Kier molecular flexibility index (Phi) is 3.29. The van der Waals surface area contributed by atoms with Crippen LogP contribution in [0.5, 0.6) is 5.75 Å². The van der Waals surface area contributed by atoms with Gasteiger partial charge in [-0.2, -0.15) is 0 Å². The zero-order valence-electron chi connectivity index (χ0n) is 13.9. The minimum Gasteiger partial charge on any atom is -0.508 e. The summed E-state index contributed by atoms with van der Waals surface area (Å²) < 4.78 is 0. The Morgan fingerprint density at radius 3 is 2.87 bits per heavy atom. The van der Waals surface area contributed by atoms with Gasteiger partial charge in [-0.1, -0.05) is 13.0 Å². The summed E-state index contributed by atoms with van der Waals surface area (Å²) in [5, 5.41) is 20.9. The molecule has 0 aliphatic heterocycles. The van der Waals surface area contributed by atoms with E-state index in [0.29, 0.717) is 29.9 Å². The van der Waals surface area contributed by atoms with Crippen LogP contribution in [0.1, 0.15) is 62.5 Å². The predicted molar refractivity (Wildman–Crippen MR) is 91.1 cm³/mol. The van der Waals surface area contributed by atoms with Crippen molar-refractivity contribution in [2.24, 2.45) is 17.3 Å². The van der Waals surface area contributed by atoms with Crippen molar-refractivity contribution in [2.45, 2.75) is 63.4 Å². The lowest BCUT2D eigenvalue weighted by molar-refractivity contribution is -0.0990. The van der Waals surface area contributed by atoms with E-state index in [2.05, 4.69) is 18.9 Å². The van der Waals surface area contributed by atoms with Crippen LogP contribution in [-0.2, 0) is 6.42 Å². The molecular formula is C21H26O2.